The molecule has 1 aliphatic rings. The second-order valence-corrected chi connectivity index (χ2v) is 6.53. The highest BCUT2D eigenvalue weighted by Crippen LogP contribution is 2.30. The minimum absolute atomic E-state index is 0.0914. The molecule has 2 aromatic rings. The number of nitrogens with zero attached hydrogens (tertiary/aromatic N) is 2. The molecule has 2 N–H and O–H groups in total. The topological polar surface area (TPSA) is 51.4 Å². The third-order valence-corrected chi connectivity index (χ3v) is 4.77. The van der Waals surface area contributed by atoms with E-state index in [0.717, 1.165) is 41.6 Å². The van der Waals surface area contributed by atoms with Gasteiger partial charge in [0.15, 0.2) is 0 Å². The fraction of sp³-hybridized carbons (Fsp3) is 0.438. The summed E-state index contributed by atoms with van der Waals surface area (Å²) < 4.78 is 5.90. The van der Waals surface area contributed by atoms with Gasteiger partial charge in [-0.25, -0.2) is 4.98 Å². The van der Waals surface area contributed by atoms with Gasteiger partial charge in [-0.05, 0) is 26.0 Å². The summed E-state index contributed by atoms with van der Waals surface area (Å²) in [5, 5.41) is 3.16. The Kier molecular flexibility index (Phi) is 4.24. The molecule has 112 valence electrons. The van der Waals surface area contributed by atoms with E-state index in [9.17, 15) is 0 Å². The Morgan fingerprint density at radius 1 is 1.33 bits per heavy atom. The Bertz CT molecular complexity index is 594. The number of anilines is 1. The Balaban J connectivity index is 1.77. The lowest BCUT2D eigenvalue weighted by Crippen LogP contribution is -2.42. The molecule has 0 amide bonds. The van der Waals surface area contributed by atoms with Crippen molar-refractivity contribution in [1.82, 2.24) is 9.88 Å². The van der Waals surface area contributed by atoms with Gasteiger partial charge in [-0.2, -0.15) is 0 Å². The summed E-state index contributed by atoms with van der Waals surface area (Å²) in [6.07, 6.45) is 0.0914. The van der Waals surface area contributed by atoms with Gasteiger partial charge in [0, 0.05) is 35.8 Å². The second-order valence-electron chi connectivity index (χ2n) is 5.64. The van der Waals surface area contributed by atoms with E-state index in [2.05, 4.69) is 24.1 Å². The molecule has 0 saturated carbocycles. The van der Waals surface area contributed by atoms with E-state index in [1.54, 1.807) is 11.3 Å². The summed E-state index contributed by atoms with van der Waals surface area (Å²) in [7, 11) is 0. The number of thiazole rings is 1. The number of aromatic nitrogens is 1. The normalized spacial score (nSPS) is 20.0. The highest BCUT2D eigenvalue weighted by atomic mass is 32.1. The Morgan fingerprint density at radius 3 is 2.81 bits per heavy atom. The van der Waals surface area contributed by atoms with Crippen LogP contribution in [0, 0.1) is 0 Å². The molecular weight excluding hydrogens is 282 g/mol. The van der Waals surface area contributed by atoms with Crippen molar-refractivity contribution in [2.45, 2.75) is 26.0 Å². The number of rotatable bonds is 3. The van der Waals surface area contributed by atoms with E-state index < -0.39 is 0 Å². The average Bonchev–Trinajstić information content (AvgIpc) is 2.98. The van der Waals surface area contributed by atoms with Crippen molar-refractivity contribution in [3.63, 3.8) is 0 Å². The SMILES string of the molecule is CC(C)N1CCOC(c2nc(-c3ccc(N)cc3)cs2)C1. The fourth-order valence-corrected chi connectivity index (χ4v) is 3.38. The maximum absolute atomic E-state index is 5.90. The minimum atomic E-state index is 0.0914. The first-order valence-corrected chi connectivity index (χ1v) is 8.18. The first-order chi connectivity index (χ1) is 10.1. The zero-order valence-electron chi connectivity index (χ0n) is 12.5. The molecule has 2 heterocycles. The van der Waals surface area contributed by atoms with Crippen LogP contribution >= 0.6 is 11.3 Å². The third-order valence-electron chi connectivity index (χ3n) is 3.83. The van der Waals surface area contributed by atoms with Crippen LogP contribution in [-0.4, -0.2) is 35.6 Å². The Labute approximate surface area is 129 Å². The minimum Gasteiger partial charge on any atom is -0.399 e. The van der Waals surface area contributed by atoms with E-state index in [0.29, 0.717) is 6.04 Å². The smallest absolute Gasteiger partial charge is 0.124 e. The summed E-state index contributed by atoms with van der Waals surface area (Å²) in [4.78, 5) is 7.20. The van der Waals surface area contributed by atoms with Crippen molar-refractivity contribution < 1.29 is 4.74 Å². The largest absolute Gasteiger partial charge is 0.399 e. The maximum Gasteiger partial charge on any atom is 0.124 e. The van der Waals surface area contributed by atoms with Crippen LogP contribution in [0.3, 0.4) is 0 Å². The Hall–Kier alpha value is -1.43. The van der Waals surface area contributed by atoms with Gasteiger partial charge in [-0.1, -0.05) is 12.1 Å². The van der Waals surface area contributed by atoms with Crippen molar-refractivity contribution in [1.29, 1.82) is 0 Å². The van der Waals surface area contributed by atoms with Crippen molar-refractivity contribution >= 4 is 17.0 Å². The summed E-state index contributed by atoms with van der Waals surface area (Å²) >= 11 is 1.67. The van der Waals surface area contributed by atoms with Crippen molar-refractivity contribution in [2.24, 2.45) is 0 Å². The van der Waals surface area contributed by atoms with Gasteiger partial charge in [0.05, 0.1) is 12.3 Å². The molecule has 1 atom stereocenters. The molecule has 0 aliphatic carbocycles. The molecule has 1 fully saturated rings. The number of ether oxygens (including phenoxy) is 1. The maximum atomic E-state index is 5.90. The average molecular weight is 303 g/mol. The number of hydrogen-bond acceptors (Lipinski definition) is 5. The van der Waals surface area contributed by atoms with Crippen molar-refractivity contribution in [3.8, 4) is 11.3 Å². The quantitative estimate of drug-likeness (QED) is 0.885. The Morgan fingerprint density at radius 2 is 2.10 bits per heavy atom. The molecule has 0 radical (unpaired) electrons. The molecule has 5 heteroatoms. The number of benzene rings is 1. The van der Waals surface area contributed by atoms with Gasteiger partial charge in [-0.15, -0.1) is 11.3 Å². The van der Waals surface area contributed by atoms with Crippen LogP contribution in [0.15, 0.2) is 29.6 Å². The highest BCUT2D eigenvalue weighted by molar-refractivity contribution is 7.10. The van der Waals surface area contributed by atoms with E-state index in [1.165, 1.54) is 0 Å². The molecule has 1 aromatic heterocycles. The summed E-state index contributed by atoms with van der Waals surface area (Å²) in [6.45, 7) is 7.16. The molecule has 1 saturated heterocycles. The van der Waals surface area contributed by atoms with E-state index in [1.807, 2.05) is 24.3 Å². The van der Waals surface area contributed by atoms with Crippen LogP contribution in [0.5, 0.6) is 0 Å². The lowest BCUT2D eigenvalue weighted by molar-refractivity contribution is -0.0402. The molecular formula is C16H21N3OS. The van der Waals surface area contributed by atoms with Crippen molar-refractivity contribution in [2.75, 3.05) is 25.4 Å². The molecule has 0 spiro atoms. The lowest BCUT2D eigenvalue weighted by atomic mass is 10.1. The molecule has 3 rings (SSSR count). The van der Waals surface area contributed by atoms with Crippen LogP contribution in [0.2, 0.25) is 0 Å². The third kappa shape index (κ3) is 3.26. The standard InChI is InChI=1S/C16H21N3OS/c1-11(2)19-7-8-20-15(9-19)16-18-14(10-21-16)12-3-5-13(17)6-4-12/h3-6,10-11,15H,7-9,17H2,1-2H3. The molecule has 4 nitrogen and oxygen atoms in total. The highest BCUT2D eigenvalue weighted by Gasteiger charge is 2.25. The van der Waals surface area contributed by atoms with Gasteiger partial charge >= 0.3 is 0 Å². The molecule has 21 heavy (non-hydrogen) atoms. The van der Waals surface area contributed by atoms with Gasteiger partial charge in [0.25, 0.3) is 0 Å². The lowest BCUT2D eigenvalue weighted by Gasteiger charge is -2.34. The van der Waals surface area contributed by atoms with Crippen LogP contribution < -0.4 is 5.73 Å². The molecule has 1 aromatic carbocycles. The number of nitrogen functional groups attached to an aromatic ring is 1. The van der Waals surface area contributed by atoms with Crippen molar-refractivity contribution in [3.05, 3.63) is 34.7 Å². The second kappa shape index (κ2) is 6.13. The van der Waals surface area contributed by atoms with Crippen LogP contribution in [-0.2, 0) is 4.74 Å². The van der Waals surface area contributed by atoms with E-state index >= 15 is 0 Å². The number of morpholine rings is 1. The van der Waals surface area contributed by atoms with Crippen LogP contribution in [0.4, 0.5) is 5.69 Å². The van der Waals surface area contributed by atoms with Gasteiger partial charge < -0.3 is 10.5 Å². The monoisotopic (exact) mass is 303 g/mol. The number of nitrogens with two attached hydrogens (primary N) is 1. The summed E-state index contributed by atoms with van der Waals surface area (Å²) in [6, 6.07) is 8.39. The first-order valence-electron chi connectivity index (χ1n) is 7.30. The van der Waals surface area contributed by atoms with E-state index in [4.69, 9.17) is 15.5 Å². The molecule has 0 bridgehead atoms. The zero-order chi connectivity index (χ0) is 14.8. The predicted octanol–water partition coefficient (Wildman–Crippen LogP) is 3.17. The first kappa shape index (κ1) is 14.5. The predicted molar refractivity (Wildman–Crippen MR) is 87.4 cm³/mol. The van der Waals surface area contributed by atoms with Gasteiger partial charge in [-0.3, -0.25) is 4.90 Å². The van der Waals surface area contributed by atoms with Gasteiger partial charge in [0.1, 0.15) is 11.1 Å². The van der Waals surface area contributed by atoms with Gasteiger partial charge in [0.2, 0.25) is 0 Å². The van der Waals surface area contributed by atoms with E-state index in [-0.39, 0.29) is 6.10 Å². The summed E-state index contributed by atoms with van der Waals surface area (Å²) in [5.74, 6) is 0. The summed E-state index contributed by atoms with van der Waals surface area (Å²) in [5.41, 5.74) is 8.60. The molecule has 1 aliphatic heterocycles. The number of hydrogen-bond donors (Lipinski definition) is 1. The van der Waals surface area contributed by atoms with Crippen LogP contribution in [0.25, 0.3) is 11.3 Å². The fourth-order valence-electron chi connectivity index (χ4n) is 2.51. The van der Waals surface area contributed by atoms with Crippen LogP contribution in [0.1, 0.15) is 25.0 Å². The zero-order valence-corrected chi connectivity index (χ0v) is 13.3. The molecule has 1 unspecified atom stereocenters.